The first-order valence-electron chi connectivity index (χ1n) is 10.3. The highest BCUT2D eigenvalue weighted by atomic mass is 16.5. The third-order valence-electron chi connectivity index (χ3n) is 6.18. The molecule has 28 heavy (non-hydrogen) atoms. The van der Waals surface area contributed by atoms with Crippen LogP contribution in [0.2, 0.25) is 0 Å². The van der Waals surface area contributed by atoms with Crippen LogP contribution in [0.3, 0.4) is 0 Å². The van der Waals surface area contributed by atoms with Gasteiger partial charge in [0.1, 0.15) is 12.0 Å². The summed E-state index contributed by atoms with van der Waals surface area (Å²) in [4.78, 5) is 35.4. The summed E-state index contributed by atoms with van der Waals surface area (Å²) >= 11 is 0. The average molecular weight is 380 g/mol. The zero-order chi connectivity index (χ0) is 19.9. The Kier molecular flexibility index (Phi) is 4.94. The predicted octanol–water partition coefficient (Wildman–Crippen LogP) is 4.38. The van der Waals surface area contributed by atoms with Crippen molar-refractivity contribution < 1.29 is 14.3 Å². The van der Waals surface area contributed by atoms with Gasteiger partial charge in [-0.1, -0.05) is 19.9 Å². The summed E-state index contributed by atoms with van der Waals surface area (Å²) in [7, 11) is 0. The van der Waals surface area contributed by atoms with E-state index in [1.54, 1.807) is 12.4 Å². The van der Waals surface area contributed by atoms with Crippen LogP contribution in [-0.4, -0.2) is 28.6 Å². The van der Waals surface area contributed by atoms with Crippen molar-refractivity contribution in [2.45, 2.75) is 71.3 Å². The van der Waals surface area contributed by atoms with Crippen LogP contribution < -0.4 is 0 Å². The first-order chi connectivity index (χ1) is 13.4. The summed E-state index contributed by atoms with van der Waals surface area (Å²) in [6, 6.07) is 3.80. The second-order valence-corrected chi connectivity index (χ2v) is 9.14. The molecule has 0 aromatic carbocycles. The molecule has 0 saturated heterocycles. The van der Waals surface area contributed by atoms with E-state index in [0.717, 1.165) is 49.1 Å². The van der Waals surface area contributed by atoms with Crippen LogP contribution in [0.5, 0.6) is 0 Å². The van der Waals surface area contributed by atoms with E-state index in [2.05, 4.69) is 18.8 Å². The Morgan fingerprint density at radius 3 is 2.64 bits per heavy atom. The fourth-order valence-electron chi connectivity index (χ4n) is 4.91. The largest absolute Gasteiger partial charge is 0.462 e. The molecule has 1 aromatic rings. The molecule has 0 bridgehead atoms. The molecule has 2 atom stereocenters. The van der Waals surface area contributed by atoms with E-state index in [4.69, 9.17) is 9.73 Å². The smallest absolute Gasteiger partial charge is 0.315 e. The average Bonchev–Trinajstić information content (AvgIpc) is 3.13. The predicted molar refractivity (Wildman–Crippen MR) is 107 cm³/mol. The summed E-state index contributed by atoms with van der Waals surface area (Å²) in [5.41, 5.74) is 3.02. The van der Waals surface area contributed by atoms with Crippen LogP contribution in [0.15, 0.2) is 40.8 Å². The lowest BCUT2D eigenvalue weighted by Crippen LogP contribution is -2.40. The maximum Gasteiger partial charge on any atom is 0.315 e. The third-order valence-corrected chi connectivity index (χ3v) is 6.18. The van der Waals surface area contributed by atoms with Crippen LogP contribution in [0, 0.1) is 11.3 Å². The lowest BCUT2D eigenvalue weighted by Gasteiger charge is -2.39. The normalized spacial score (nSPS) is 27.4. The molecule has 3 aliphatic rings. The Morgan fingerprint density at radius 1 is 1.21 bits per heavy atom. The number of hydrogen-bond acceptors (Lipinski definition) is 5. The number of aliphatic imine (C=N–C) groups is 1. The van der Waals surface area contributed by atoms with E-state index < -0.39 is 5.92 Å². The van der Waals surface area contributed by atoms with Gasteiger partial charge >= 0.3 is 5.97 Å². The minimum Gasteiger partial charge on any atom is -0.462 e. The number of ether oxygens (including phenoxy) is 1. The van der Waals surface area contributed by atoms with Gasteiger partial charge in [-0.3, -0.25) is 19.6 Å². The lowest BCUT2D eigenvalue weighted by molar-refractivity contribution is -0.151. The SMILES string of the molecule is CC1=NC2=C(C(=O)CC(C)(C)C2)[C@@H](c2cccnc2)C1C(=O)OC1CCCC1. The second-order valence-electron chi connectivity index (χ2n) is 9.14. The maximum absolute atomic E-state index is 13.2. The third kappa shape index (κ3) is 3.54. The molecule has 5 heteroatoms. The summed E-state index contributed by atoms with van der Waals surface area (Å²) in [5.74, 6) is -1.09. The van der Waals surface area contributed by atoms with E-state index in [1.165, 1.54) is 0 Å². The van der Waals surface area contributed by atoms with Crippen molar-refractivity contribution in [3.05, 3.63) is 41.4 Å². The topological polar surface area (TPSA) is 68.6 Å². The summed E-state index contributed by atoms with van der Waals surface area (Å²) < 4.78 is 5.85. The molecule has 0 amide bonds. The van der Waals surface area contributed by atoms with Crippen LogP contribution >= 0.6 is 0 Å². The zero-order valence-corrected chi connectivity index (χ0v) is 16.9. The fraction of sp³-hybridized carbons (Fsp3) is 0.565. The van der Waals surface area contributed by atoms with Gasteiger partial charge in [0.2, 0.25) is 0 Å². The van der Waals surface area contributed by atoms with Crippen molar-refractivity contribution in [3.8, 4) is 0 Å². The summed E-state index contributed by atoms with van der Waals surface area (Å²) in [6.07, 6.45) is 8.73. The van der Waals surface area contributed by atoms with Crippen molar-refractivity contribution in [2.75, 3.05) is 0 Å². The number of allylic oxidation sites excluding steroid dienone is 2. The van der Waals surface area contributed by atoms with Gasteiger partial charge in [-0.2, -0.15) is 0 Å². The summed E-state index contributed by atoms with van der Waals surface area (Å²) in [6.45, 7) is 6.08. The van der Waals surface area contributed by atoms with E-state index in [0.29, 0.717) is 12.0 Å². The molecular weight excluding hydrogens is 352 g/mol. The maximum atomic E-state index is 13.2. The van der Waals surface area contributed by atoms with Gasteiger partial charge in [-0.25, -0.2) is 0 Å². The molecule has 1 aromatic heterocycles. The zero-order valence-electron chi connectivity index (χ0n) is 16.9. The first-order valence-corrected chi connectivity index (χ1v) is 10.3. The van der Waals surface area contributed by atoms with Crippen molar-refractivity contribution in [3.63, 3.8) is 0 Å². The van der Waals surface area contributed by atoms with Crippen LogP contribution in [-0.2, 0) is 14.3 Å². The quantitative estimate of drug-likeness (QED) is 0.730. The molecule has 2 heterocycles. The van der Waals surface area contributed by atoms with E-state index in [9.17, 15) is 9.59 Å². The molecule has 4 rings (SSSR count). The molecule has 148 valence electrons. The van der Waals surface area contributed by atoms with Crippen molar-refractivity contribution in [1.82, 2.24) is 4.98 Å². The number of hydrogen-bond donors (Lipinski definition) is 0. The van der Waals surface area contributed by atoms with Crippen molar-refractivity contribution in [2.24, 2.45) is 16.3 Å². The van der Waals surface area contributed by atoms with Crippen molar-refractivity contribution >= 4 is 17.5 Å². The fourth-order valence-corrected chi connectivity index (χ4v) is 4.91. The van der Waals surface area contributed by atoms with Crippen LogP contribution in [0.25, 0.3) is 0 Å². The Balaban J connectivity index is 1.76. The lowest BCUT2D eigenvalue weighted by atomic mass is 9.67. The number of carbonyl (C=O) groups excluding carboxylic acids is 2. The number of rotatable bonds is 3. The minimum atomic E-state index is -0.561. The molecular formula is C23H28N2O3. The number of esters is 1. The number of aromatic nitrogens is 1. The second kappa shape index (κ2) is 7.26. The Bertz CT molecular complexity index is 848. The highest BCUT2D eigenvalue weighted by molar-refractivity contribution is 6.09. The molecule has 0 radical (unpaired) electrons. The molecule has 0 N–H and O–H groups in total. The van der Waals surface area contributed by atoms with Gasteiger partial charge in [-0.15, -0.1) is 0 Å². The first kappa shape index (κ1) is 19.0. The number of carbonyl (C=O) groups is 2. The van der Waals surface area contributed by atoms with Gasteiger partial charge in [-0.05, 0) is 56.1 Å². The molecule has 0 spiro atoms. The number of pyridine rings is 1. The van der Waals surface area contributed by atoms with E-state index in [1.807, 2.05) is 19.1 Å². The van der Waals surface area contributed by atoms with E-state index >= 15 is 0 Å². The highest BCUT2D eigenvalue weighted by Crippen LogP contribution is 2.47. The van der Waals surface area contributed by atoms with Gasteiger partial charge < -0.3 is 4.74 Å². The highest BCUT2D eigenvalue weighted by Gasteiger charge is 2.46. The minimum absolute atomic E-state index is 0.00813. The Morgan fingerprint density at radius 2 is 1.96 bits per heavy atom. The molecule has 1 unspecified atom stereocenters. The van der Waals surface area contributed by atoms with Gasteiger partial charge in [0.15, 0.2) is 5.78 Å². The Labute approximate surface area is 166 Å². The van der Waals surface area contributed by atoms with Crippen LogP contribution in [0.4, 0.5) is 0 Å². The molecule has 1 aliphatic heterocycles. The number of ketones is 1. The number of Topliss-reactive ketones (excluding diaryl/α,β-unsaturated/α-hetero) is 1. The Hall–Kier alpha value is -2.30. The van der Waals surface area contributed by atoms with Gasteiger partial charge in [0, 0.05) is 41.7 Å². The van der Waals surface area contributed by atoms with Gasteiger partial charge in [0.05, 0.1) is 0 Å². The van der Waals surface area contributed by atoms with Crippen molar-refractivity contribution in [1.29, 1.82) is 0 Å². The molecule has 1 fully saturated rings. The molecule has 5 nitrogen and oxygen atoms in total. The van der Waals surface area contributed by atoms with E-state index in [-0.39, 0.29) is 29.2 Å². The standard InChI is InChI=1S/C23H28N2O3/c1-14-19(22(27)28-16-8-4-5-9-16)20(15-7-6-10-24-13-15)21-17(25-14)11-23(2,3)12-18(21)26/h6-7,10,13,16,19-20H,4-5,8-9,11-12H2,1-3H3/t19?,20-/m0/s1. The van der Waals surface area contributed by atoms with Crippen LogP contribution in [0.1, 0.15) is 70.8 Å². The van der Waals surface area contributed by atoms with Gasteiger partial charge in [0.25, 0.3) is 0 Å². The monoisotopic (exact) mass is 380 g/mol. The molecule has 1 saturated carbocycles. The number of nitrogens with zero attached hydrogens (tertiary/aromatic N) is 2. The summed E-state index contributed by atoms with van der Waals surface area (Å²) in [5, 5.41) is 0. The molecule has 2 aliphatic carbocycles.